The van der Waals surface area contributed by atoms with Gasteiger partial charge in [-0.1, -0.05) is 12.1 Å². The van der Waals surface area contributed by atoms with E-state index in [1.54, 1.807) is 18.5 Å². The van der Waals surface area contributed by atoms with Crippen LogP contribution in [0.4, 0.5) is 0 Å². The van der Waals surface area contributed by atoms with Gasteiger partial charge in [0.25, 0.3) is 0 Å². The van der Waals surface area contributed by atoms with Crippen LogP contribution in [0.5, 0.6) is 0 Å². The van der Waals surface area contributed by atoms with E-state index in [0.29, 0.717) is 22.3 Å². The molecule has 0 saturated carbocycles. The summed E-state index contributed by atoms with van der Waals surface area (Å²) in [5, 5.41) is 1.17. The Labute approximate surface area is 118 Å². The third-order valence-electron chi connectivity index (χ3n) is 3.27. The number of hydrogen-bond acceptors (Lipinski definition) is 5. The number of para-hydroxylation sites is 1. The molecule has 0 atom stereocenters. The Bertz CT molecular complexity index is 1010. The normalized spacial score (nSPS) is 11.0. The predicted molar refractivity (Wildman–Crippen MR) is 78.8 cm³/mol. The van der Waals surface area contributed by atoms with E-state index >= 15 is 0 Å². The number of aromatic nitrogens is 3. The summed E-state index contributed by atoms with van der Waals surface area (Å²) >= 11 is 0. The first-order valence-electron chi connectivity index (χ1n) is 6.42. The van der Waals surface area contributed by atoms with Gasteiger partial charge in [-0.3, -0.25) is 4.98 Å². The Hall–Kier alpha value is -3.08. The lowest BCUT2D eigenvalue weighted by Crippen LogP contribution is -2.03. The molecule has 1 aromatic carbocycles. The van der Waals surface area contributed by atoms with Crippen molar-refractivity contribution in [3.05, 3.63) is 65.4 Å². The van der Waals surface area contributed by atoms with Crippen LogP contribution in [0.1, 0.15) is 0 Å². The fraction of sp³-hybridized carbons (Fsp3) is 0. The van der Waals surface area contributed by atoms with Crippen LogP contribution in [0.2, 0.25) is 0 Å². The molecular weight excluding hydrogens is 266 g/mol. The Morgan fingerprint density at radius 2 is 1.86 bits per heavy atom. The van der Waals surface area contributed by atoms with Crippen LogP contribution >= 0.6 is 0 Å². The van der Waals surface area contributed by atoms with E-state index in [1.165, 1.54) is 6.20 Å². The highest BCUT2D eigenvalue weighted by atomic mass is 16.4. The molecule has 4 aromatic rings. The number of hydrogen-bond donors (Lipinski definition) is 0. The van der Waals surface area contributed by atoms with Crippen molar-refractivity contribution in [3.63, 3.8) is 0 Å². The number of fused-ring (bicyclic) bond motifs is 3. The first-order chi connectivity index (χ1) is 10.3. The molecule has 0 unspecified atom stereocenters. The van der Waals surface area contributed by atoms with Crippen LogP contribution in [0.15, 0.2) is 64.2 Å². The third kappa shape index (κ3) is 1.87. The maximum Gasteiger partial charge on any atom is 0.347 e. The largest absolute Gasteiger partial charge is 0.422 e. The standard InChI is InChI=1S/C16H9N3O2/c20-16-12-9-18-15(10-4-3-7-17-8-10)19-14(12)11-5-1-2-6-13(11)21-16/h1-9H. The van der Waals surface area contributed by atoms with Gasteiger partial charge in [-0.25, -0.2) is 14.8 Å². The van der Waals surface area contributed by atoms with Crippen LogP contribution < -0.4 is 5.63 Å². The van der Waals surface area contributed by atoms with Crippen molar-refractivity contribution in [1.82, 2.24) is 15.0 Å². The second-order valence-corrected chi connectivity index (χ2v) is 4.58. The topological polar surface area (TPSA) is 68.9 Å². The Kier molecular flexibility index (Phi) is 2.50. The van der Waals surface area contributed by atoms with Gasteiger partial charge in [-0.15, -0.1) is 0 Å². The van der Waals surface area contributed by atoms with Gasteiger partial charge < -0.3 is 4.42 Å². The first-order valence-corrected chi connectivity index (χ1v) is 6.42. The van der Waals surface area contributed by atoms with Gasteiger partial charge in [0.05, 0.1) is 5.52 Å². The van der Waals surface area contributed by atoms with Crippen molar-refractivity contribution in [2.75, 3.05) is 0 Å². The summed E-state index contributed by atoms with van der Waals surface area (Å²) in [6.07, 6.45) is 4.88. The lowest BCUT2D eigenvalue weighted by molar-refractivity contribution is 0.569. The molecule has 5 nitrogen and oxygen atoms in total. The molecule has 0 aliphatic carbocycles. The summed E-state index contributed by atoms with van der Waals surface area (Å²) < 4.78 is 5.27. The molecule has 0 radical (unpaired) electrons. The van der Waals surface area contributed by atoms with Gasteiger partial charge in [-0.05, 0) is 24.3 Å². The van der Waals surface area contributed by atoms with Gasteiger partial charge >= 0.3 is 5.63 Å². The maximum atomic E-state index is 12.0. The predicted octanol–water partition coefficient (Wildman–Crippen LogP) is 2.80. The number of nitrogens with zero attached hydrogens (tertiary/aromatic N) is 3. The molecule has 21 heavy (non-hydrogen) atoms. The lowest BCUT2D eigenvalue weighted by atomic mass is 10.2. The van der Waals surface area contributed by atoms with E-state index in [-0.39, 0.29) is 0 Å². The van der Waals surface area contributed by atoms with E-state index < -0.39 is 5.63 Å². The molecule has 0 spiro atoms. The van der Waals surface area contributed by atoms with Crippen LogP contribution in [0, 0.1) is 0 Å². The highest BCUT2D eigenvalue weighted by molar-refractivity contribution is 6.01. The zero-order chi connectivity index (χ0) is 14.2. The van der Waals surface area contributed by atoms with Crippen LogP contribution in [0.25, 0.3) is 33.3 Å². The monoisotopic (exact) mass is 275 g/mol. The molecule has 0 aliphatic heterocycles. The molecule has 100 valence electrons. The minimum Gasteiger partial charge on any atom is -0.422 e. The quantitative estimate of drug-likeness (QED) is 0.394. The zero-order valence-electron chi connectivity index (χ0n) is 10.9. The summed E-state index contributed by atoms with van der Waals surface area (Å²) in [6, 6.07) is 11.0. The zero-order valence-corrected chi connectivity index (χ0v) is 10.9. The summed E-state index contributed by atoms with van der Waals surface area (Å²) in [7, 11) is 0. The molecule has 0 bridgehead atoms. The second kappa shape index (κ2) is 4.49. The van der Waals surface area contributed by atoms with Crippen LogP contribution in [0.3, 0.4) is 0 Å². The third-order valence-corrected chi connectivity index (χ3v) is 3.27. The molecule has 3 heterocycles. The van der Waals surface area contributed by atoms with Crippen molar-refractivity contribution >= 4 is 21.9 Å². The highest BCUT2D eigenvalue weighted by Gasteiger charge is 2.10. The van der Waals surface area contributed by atoms with Crippen LogP contribution in [-0.4, -0.2) is 15.0 Å². The van der Waals surface area contributed by atoms with E-state index in [1.807, 2.05) is 30.3 Å². The van der Waals surface area contributed by atoms with Crippen molar-refractivity contribution in [1.29, 1.82) is 0 Å². The fourth-order valence-corrected chi connectivity index (χ4v) is 2.28. The minimum atomic E-state index is -0.429. The Morgan fingerprint density at radius 3 is 2.71 bits per heavy atom. The average Bonchev–Trinajstić information content (AvgIpc) is 2.55. The highest BCUT2D eigenvalue weighted by Crippen LogP contribution is 2.22. The maximum absolute atomic E-state index is 12.0. The molecule has 0 amide bonds. The molecule has 0 saturated heterocycles. The van der Waals surface area contributed by atoms with Gasteiger partial charge in [0.1, 0.15) is 11.0 Å². The number of benzene rings is 1. The molecule has 0 N–H and O–H groups in total. The van der Waals surface area contributed by atoms with Gasteiger partial charge in [-0.2, -0.15) is 0 Å². The van der Waals surface area contributed by atoms with E-state index in [9.17, 15) is 4.79 Å². The second-order valence-electron chi connectivity index (χ2n) is 4.58. The Balaban J connectivity index is 2.11. The fourth-order valence-electron chi connectivity index (χ4n) is 2.28. The summed E-state index contributed by atoms with van der Waals surface area (Å²) in [5.74, 6) is 0.534. The average molecular weight is 275 g/mol. The van der Waals surface area contributed by atoms with E-state index in [0.717, 1.165) is 10.9 Å². The molecule has 5 heteroatoms. The Morgan fingerprint density at radius 1 is 0.952 bits per heavy atom. The lowest BCUT2D eigenvalue weighted by Gasteiger charge is -2.03. The van der Waals surface area contributed by atoms with E-state index in [4.69, 9.17) is 4.42 Å². The van der Waals surface area contributed by atoms with Crippen molar-refractivity contribution in [2.24, 2.45) is 0 Å². The molecule has 3 aromatic heterocycles. The SMILES string of the molecule is O=c1oc2ccccc2c2nc(-c3cccnc3)ncc12. The minimum absolute atomic E-state index is 0.376. The molecule has 4 rings (SSSR count). The van der Waals surface area contributed by atoms with Crippen molar-refractivity contribution in [3.8, 4) is 11.4 Å². The number of rotatable bonds is 1. The molecule has 0 fully saturated rings. The van der Waals surface area contributed by atoms with Crippen LogP contribution in [-0.2, 0) is 0 Å². The van der Waals surface area contributed by atoms with Crippen molar-refractivity contribution in [2.45, 2.75) is 0 Å². The summed E-state index contributed by atoms with van der Waals surface area (Å²) in [5.41, 5.74) is 1.49. The smallest absolute Gasteiger partial charge is 0.347 e. The van der Waals surface area contributed by atoms with Gasteiger partial charge in [0.15, 0.2) is 5.82 Å². The number of pyridine rings is 1. The first kappa shape index (κ1) is 11.7. The van der Waals surface area contributed by atoms with Gasteiger partial charge in [0.2, 0.25) is 0 Å². The summed E-state index contributed by atoms with van der Waals surface area (Å²) in [6.45, 7) is 0. The van der Waals surface area contributed by atoms with Gasteiger partial charge in [0, 0.05) is 29.5 Å². The summed E-state index contributed by atoms with van der Waals surface area (Å²) in [4.78, 5) is 24.8. The van der Waals surface area contributed by atoms with E-state index in [2.05, 4.69) is 15.0 Å². The molecule has 0 aliphatic rings. The molecular formula is C16H9N3O2. The van der Waals surface area contributed by atoms with Crippen molar-refractivity contribution < 1.29 is 4.42 Å².